The summed E-state index contributed by atoms with van der Waals surface area (Å²) in [6.07, 6.45) is 3.57. The van der Waals surface area contributed by atoms with Crippen LogP contribution in [0.3, 0.4) is 0 Å². The normalized spacial score (nSPS) is 10.6. The van der Waals surface area contributed by atoms with Gasteiger partial charge in [-0.2, -0.15) is 5.10 Å². The summed E-state index contributed by atoms with van der Waals surface area (Å²) in [5, 5.41) is 4.26. The van der Waals surface area contributed by atoms with E-state index < -0.39 is 0 Å². The molecule has 5 nitrogen and oxygen atoms in total. The number of carbonyl (C=O) groups is 1. The van der Waals surface area contributed by atoms with Gasteiger partial charge in [0.1, 0.15) is 5.75 Å². The van der Waals surface area contributed by atoms with Gasteiger partial charge in [0, 0.05) is 30.9 Å². The van der Waals surface area contributed by atoms with E-state index in [1.54, 1.807) is 29.9 Å². The Morgan fingerprint density at radius 2 is 2.08 bits per heavy atom. The van der Waals surface area contributed by atoms with Crippen molar-refractivity contribution in [3.8, 4) is 11.4 Å². The van der Waals surface area contributed by atoms with E-state index in [1.165, 1.54) is 0 Å². The Morgan fingerprint density at radius 1 is 1.27 bits per heavy atom. The number of halogens is 1. The van der Waals surface area contributed by atoms with Crippen molar-refractivity contribution in [2.45, 2.75) is 13.5 Å². The van der Waals surface area contributed by atoms with E-state index >= 15 is 0 Å². The molecule has 0 spiro atoms. The van der Waals surface area contributed by atoms with Crippen LogP contribution in [0.4, 0.5) is 0 Å². The number of rotatable bonds is 5. The van der Waals surface area contributed by atoms with E-state index in [9.17, 15) is 4.79 Å². The fourth-order valence-electron chi connectivity index (χ4n) is 2.80. The standard InChI is InChI=1S/C20H20BrN3O2/c1-14-7-8-19(26-3)16(9-14)12-23(2)20(25)15-5-4-6-18(10-15)24-13-17(21)11-22-24/h4-11,13H,12H2,1-3H3. The van der Waals surface area contributed by atoms with Crippen molar-refractivity contribution in [1.82, 2.24) is 14.7 Å². The molecule has 1 amide bonds. The molecule has 26 heavy (non-hydrogen) atoms. The van der Waals surface area contributed by atoms with E-state index in [1.807, 2.05) is 55.6 Å². The number of ether oxygens (including phenoxy) is 1. The van der Waals surface area contributed by atoms with Crippen LogP contribution in [-0.4, -0.2) is 34.7 Å². The summed E-state index contributed by atoms with van der Waals surface area (Å²) >= 11 is 3.39. The number of carbonyl (C=O) groups excluding carboxylic acids is 1. The highest BCUT2D eigenvalue weighted by atomic mass is 79.9. The first kappa shape index (κ1) is 18.2. The molecule has 0 unspecified atom stereocenters. The highest BCUT2D eigenvalue weighted by molar-refractivity contribution is 9.10. The fraction of sp³-hybridized carbons (Fsp3) is 0.200. The van der Waals surface area contributed by atoms with Crippen molar-refractivity contribution >= 4 is 21.8 Å². The predicted octanol–water partition coefficient (Wildman–Crippen LogP) is 4.22. The van der Waals surface area contributed by atoms with Crippen molar-refractivity contribution in [3.63, 3.8) is 0 Å². The molecule has 0 radical (unpaired) electrons. The van der Waals surface area contributed by atoms with E-state index in [0.717, 1.165) is 27.0 Å². The third kappa shape index (κ3) is 3.96. The Kier molecular flexibility index (Phi) is 5.42. The summed E-state index contributed by atoms with van der Waals surface area (Å²) < 4.78 is 8.03. The van der Waals surface area contributed by atoms with Crippen LogP contribution in [0.5, 0.6) is 5.75 Å². The molecular weight excluding hydrogens is 394 g/mol. The smallest absolute Gasteiger partial charge is 0.253 e. The molecule has 0 fully saturated rings. The molecule has 0 saturated heterocycles. The van der Waals surface area contributed by atoms with Gasteiger partial charge in [-0.1, -0.05) is 23.8 Å². The van der Waals surface area contributed by atoms with E-state index in [0.29, 0.717) is 12.1 Å². The Hall–Kier alpha value is -2.60. The molecule has 0 bridgehead atoms. The van der Waals surface area contributed by atoms with Crippen LogP contribution < -0.4 is 4.74 Å². The second-order valence-corrected chi connectivity index (χ2v) is 7.05. The average molecular weight is 414 g/mol. The maximum absolute atomic E-state index is 12.9. The molecule has 6 heteroatoms. The Labute approximate surface area is 161 Å². The number of amides is 1. The lowest BCUT2D eigenvalue weighted by molar-refractivity contribution is 0.0784. The lowest BCUT2D eigenvalue weighted by atomic mass is 10.1. The zero-order valence-electron chi connectivity index (χ0n) is 14.9. The van der Waals surface area contributed by atoms with Gasteiger partial charge < -0.3 is 9.64 Å². The van der Waals surface area contributed by atoms with Crippen molar-refractivity contribution in [1.29, 1.82) is 0 Å². The molecule has 1 heterocycles. The minimum atomic E-state index is -0.0540. The van der Waals surface area contributed by atoms with Gasteiger partial charge in [0.15, 0.2) is 0 Å². The first-order valence-corrected chi connectivity index (χ1v) is 8.97. The van der Waals surface area contributed by atoms with Crippen molar-refractivity contribution < 1.29 is 9.53 Å². The number of hydrogen-bond donors (Lipinski definition) is 0. The predicted molar refractivity (Wildman–Crippen MR) is 105 cm³/mol. The topological polar surface area (TPSA) is 47.4 Å². The third-order valence-corrected chi connectivity index (χ3v) is 4.51. The Balaban J connectivity index is 1.82. The summed E-state index contributed by atoms with van der Waals surface area (Å²) in [6, 6.07) is 13.4. The quantitative estimate of drug-likeness (QED) is 0.628. The second kappa shape index (κ2) is 7.74. The zero-order chi connectivity index (χ0) is 18.7. The van der Waals surface area contributed by atoms with Crippen LogP contribution in [0.25, 0.3) is 5.69 Å². The monoisotopic (exact) mass is 413 g/mol. The molecule has 0 N–H and O–H groups in total. The van der Waals surface area contributed by atoms with Crippen LogP contribution in [0, 0.1) is 6.92 Å². The van der Waals surface area contributed by atoms with E-state index in [4.69, 9.17) is 4.74 Å². The van der Waals surface area contributed by atoms with Crippen LogP contribution in [0.1, 0.15) is 21.5 Å². The summed E-state index contributed by atoms with van der Waals surface area (Å²) in [5.41, 5.74) is 3.56. The highest BCUT2D eigenvalue weighted by Gasteiger charge is 2.15. The number of aryl methyl sites for hydroxylation is 1. The van der Waals surface area contributed by atoms with Crippen LogP contribution in [0.15, 0.2) is 59.3 Å². The molecule has 3 aromatic rings. The molecule has 1 aromatic heterocycles. The molecule has 0 atom stereocenters. The van der Waals surface area contributed by atoms with Crippen LogP contribution >= 0.6 is 15.9 Å². The third-order valence-electron chi connectivity index (χ3n) is 4.10. The lowest BCUT2D eigenvalue weighted by Gasteiger charge is -2.19. The zero-order valence-corrected chi connectivity index (χ0v) is 16.5. The minimum Gasteiger partial charge on any atom is -0.496 e. The van der Waals surface area contributed by atoms with Gasteiger partial charge >= 0.3 is 0 Å². The van der Waals surface area contributed by atoms with E-state index in [2.05, 4.69) is 21.0 Å². The molecule has 0 saturated carbocycles. The Morgan fingerprint density at radius 3 is 2.77 bits per heavy atom. The van der Waals surface area contributed by atoms with Crippen LogP contribution in [-0.2, 0) is 6.54 Å². The SMILES string of the molecule is COc1ccc(C)cc1CN(C)C(=O)c1cccc(-n2cc(Br)cn2)c1. The summed E-state index contributed by atoms with van der Waals surface area (Å²) in [6.45, 7) is 2.50. The fourth-order valence-corrected chi connectivity index (χ4v) is 3.09. The number of hydrogen-bond acceptors (Lipinski definition) is 3. The molecule has 3 rings (SSSR count). The Bertz CT molecular complexity index is 936. The van der Waals surface area contributed by atoms with Gasteiger partial charge in [-0.05, 0) is 47.1 Å². The molecule has 0 aliphatic rings. The first-order valence-electron chi connectivity index (χ1n) is 8.17. The molecule has 2 aromatic carbocycles. The van der Waals surface area contributed by atoms with Gasteiger partial charge in [-0.25, -0.2) is 4.68 Å². The molecule has 0 aliphatic carbocycles. The highest BCUT2D eigenvalue weighted by Crippen LogP contribution is 2.22. The van der Waals surface area contributed by atoms with Gasteiger partial charge in [0.25, 0.3) is 5.91 Å². The summed E-state index contributed by atoms with van der Waals surface area (Å²) in [4.78, 5) is 14.6. The maximum atomic E-state index is 12.9. The first-order chi connectivity index (χ1) is 12.5. The van der Waals surface area contributed by atoms with Gasteiger partial charge in [-0.15, -0.1) is 0 Å². The van der Waals surface area contributed by atoms with E-state index in [-0.39, 0.29) is 5.91 Å². The molecular formula is C20H20BrN3O2. The largest absolute Gasteiger partial charge is 0.496 e. The summed E-state index contributed by atoms with van der Waals surface area (Å²) in [5.74, 6) is 0.729. The summed E-state index contributed by atoms with van der Waals surface area (Å²) in [7, 11) is 3.43. The molecule has 134 valence electrons. The maximum Gasteiger partial charge on any atom is 0.253 e. The lowest BCUT2D eigenvalue weighted by Crippen LogP contribution is -2.26. The van der Waals surface area contributed by atoms with Crippen molar-refractivity contribution in [2.75, 3.05) is 14.2 Å². The van der Waals surface area contributed by atoms with Gasteiger partial charge in [0.05, 0.1) is 23.5 Å². The van der Waals surface area contributed by atoms with Gasteiger partial charge in [-0.3, -0.25) is 4.79 Å². The van der Waals surface area contributed by atoms with Crippen molar-refractivity contribution in [3.05, 3.63) is 76.0 Å². The number of benzene rings is 2. The molecule has 0 aliphatic heterocycles. The average Bonchev–Trinajstić information content (AvgIpc) is 3.08. The van der Waals surface area contributed by atoms with Crippen LogP contribution in [0.2, 0.25) is 0 Å². The number of aromatic nitrogens is 2. The van der Waals surface area contributed by atoms with Crippen molar-refractivity contribution in [2.24, 2.45) is 0 Å². The van der Waals surface area contributed by atoms with Gasteiger partial charge in [0.2, 0.25) is 0 Å². The minimum absolute atomic E-state index is 0.0540. The number of methoxy groups -OCH3 is 1. The number of nitrogens with zero attached hydrogens (tertiary/aromatic N) is 3. The second-order valence-electron chi connectivity index (χ2n) is 6.13.